The SMILES string of the molecule is CN(C)C(=O)CC1CN(Cc2ccc(F)cc2)C(=O)C2=C(O)C(=O)CC=[N+]21. The zero-order valence-electron chi connectivity index (χ0n) is 15.2. The van der Waals surface area contributed by atoms with Gasteiger partial charge in [0.25, 0.3) is 0 Å². The van der Waals surface area contributed by atoms with Crippen molar-refractivity contribution >= 4 is 23.8 Å². The molecule has 8 heteroatoms. The molecule has 0 spiro atoms. The van der Waals surface area contributed by atoms with E-state index >= 15 is 0 Å². The summed E-state index contributed by atoms with van der Waals surface area (Å²) >= 11 is 0. The van der Waals surface area contributed by atoms with Crippen molar-refractivity contribution in [3.05, 3.63) is 47.1 Å². The Bertz CT molecular complexity index is 858. The number of aliphatic hydroxyl groups is 1. The van der Waals surface area contributed by atoms with E-state index in [1.165, 1.54) is 21.9 Å². The highest BCUT2D eigenvalue weighted by atomic mass is 19.1. The molecule has 142 valence electrons. The minimum atomic E-state index is -0.575. The van der Waals surface area contributed by atoms with Crippen LogP contribution in [0.3, 0.4) is 0 Å². The van der Waals surface area contributed by atoms with Crippen LogP contribution in [0.5, 0.6) is 0 Å². The Morgan fingerprint density at radius 2 is 1.96 bits per heavy atom. The second-order valence-electron chi connectivity index (χ2n) is 6.87. The van der Waals surface area contributed by atoms with E-state index in [-0.39, 0.29) is 43.4 Å². The second kappa shape index (κ2) is 7.30. The van der Waals surface area contributed by atoms with Gasteiger partial charge in [0.1, 0.15) is 5.82 Å². The van der Waals surface area contributed by atoms with Crippen molar-refractivity contribution in [2.75, 3.05) is 20.6 Å². The third kappa shape index (κ3) is 3.74. The zero-order valence-corrected chi connectivity index (χ0v) is 15.2. The van der Waals surface area contributed by atoms with Crippen LogP contribution >= 0.6 is 0 Å². The van der Waals surface area contributed by atoms with Crippen LogP contribution in [-0.4, -0.2) is 70.0 Å². The highest BCUT2D eigenvalue weighted by Gasteiger charge is 2.47. The van der Waals surface area contributed by atoms with E-state index in [2.05, 4.69) is 0 Å². The molecule has 2 amide bonds. The van der Waals surface area contributed by atoms with Crippen LogP contribution in [0.2, 0.25) is 0 Å². The molecule has 2 aliphatic heterocycles. The summed E-state index contributed by atoms with van der Waals surface area (Å²) in [4.78, 5) is 39.9. The first kappa shape index (κ1) is 18.8. The maximum absolute atomic E-state index is 13.1. The lowest BCUT2D eigenvalue weighted by molar-refractivity contribution is -0.520. The average Bonchev–Trinajstić information content (AvgIpc) is 2.63. The molecule has 0 aromatic heterocycles. The molecule has 27 heavy (non-hydrogen) atoms. The van der Waals surface area contributed by atoms with Gasteiger partial charge in [-0.1, -0.05) is 12.1 Å². The average molecular weight is 374 g/mol. The van der Waals surface area contributed by atoms with Gasteiger partial charge in [-0.2, -0.15) is 4.58 Å². The van der Waals surface area contributed by atoms with E-state index in [0.717, 1.165) is 0 Å². The van der Waals surface area contributed by atoms with E-state index in [9.17, 15) is 23.9 Å². The number of carbonyl (C=O) groups excluding carboxylic acids is 3. The first-order chi connectivity index (χ1) is 12.8. The van der Waals surface area contributed by atoms with E-state index in [1.54, 1.807) is 37.0 Å². The van der Waals surface area contributed by atoms with Crippen LogP contribution < -0.4 is 0 Å². The molecule has 0 aliphatic carbocycles. The first-order valence-electron chi connectivity index (χ1n) is 8.60. The van der Waals surface area contributed by atoms with Crippen molar-refractivity contribution in [2.24, 2.45) is 0 Å². The fourth-order valence-corrected chi connectivity index (χ4v) is 3.24. The minimum absolute atomic E-state index is 0.0206. The Hall–Kier alpha value is -3.03. The number of ketones is 1. The van der Waals surface area contributed by atoms with Crippen LogP contribution in [0.1, 0.15) is 18.4 Å². The highest BCUT2D eigenvalue weighted by Crippen LogP contribution is 2.25. The topological polar surface area (TPSA) is 80.9 Å². The number of piperazine rings is 1. The quantitative estimate of drug-likeness (QED) is 0.792. The number of benzene rings is 1. The Labute approximate surface area is 156 Å². The molecule has 0 bridgehead atoms. The Balaban J connectivity index is 1.93. The second-order valence-corrected chi connectivity index (χ2v) is 6.87. The number of rotatable bonds is 4. The molecule has 2 heterocycles. The molecule has 0 saturated carbocycles. The van der Waals surface area contributed by atoms with Gasteiger partial charge in [-0.3, -0.25) is 14.4 Å². The van der Waals surface area contributed by atoms with E-state index in [0.29, 0.717) is 5.56 Å². The molecule has 0 radical (unpaired) electrons. The van der Waals surface area contributed by atoms with Gasteiger partial charge >= 0.3 is 11.6 Å². The van der Waals surface area contributed by atoms with Gasteiger partial charge in [-0.25, -0.2) is 4.39 Å². The third-order valence-electron chi connectivity index (χ3n) is 4.73. The number of nitrogens with zero attached hydrogens (tertiary/aromatic N) is 3. The summed E-state index contributed by atoms with van der Waals surface area (Å²) in [5.41, 5.74) is 0.609. The van der Waals surface area contributed by atoms with E-state index < -0.39 is 23.5 Å². The smallest absolute Gasteiger partial charge is 0.323 e. The predicted octanol–water partition coefficient (Wildman–Crippen LogP) is 0.840. The summed E-state index contributed by atoms with van der Waals surface area (Å²) in [6.07, 6.45) is 1.66. The molecule has 1 aromatic rings. The summed E-state index contributed by atoms with van der Waals surface area (Å²) in [5.74, 6) is -2.10. The number of hydrogen-bond donors (Lipinski definition) is 1. The highest BCUT2D eigenvalue weighted by molar-refractivity contribution is 6.08. The van der Waals surface area contributed by atoms with Gasteiger partial charge in [-0.05, 0) is 17.7 Å². The summed E-state index contributed by atoms with van der Waals surface area (Å²) < 4.78 is 14.7. The number of carbonyl (C=O) groups is 3. The molecular weight excluding hydrogens is 353 g/mol. The van der Waals surface area contributed by atoms with Crippen LogP contribution in [0, 0.1) is 5.82 Å². The fourth-order valence-electron chi connectivity index (χ4n) is 3.24. The van der Waals surface area contributed by atoms with Crippen molar-refractivity contribution < 1.29 is 28.5 Å². The largest absolute Gasteiger partial charge is 0.500 e. The lowest BCUT2D eigenvalue weighted by atomic mass is 10.0. The third-order valence-corrected chi connectivity index (χ3v) is 4.73. The molecule has 1 fully saturated rings. The molecule has 7 nitrogen and oxygen atoms in total. The normalized spacial score (nSPS) is 19.7. The maximum Gasteiger partial charge on any atom is 0.323 e. The van der Waals surface area contributed by atoms with Gasteiger partial charge in [-0.15, -0.1) is 0 Å². The van der Waals surface area contributed by atoms with Crippen molar-refractivity contribution in [2.45, 2.75) is 25.4 Å². The first-order valence-corrected chi connectivity index (χ1v) is 8.60. The van der Waals surface area contributed by atoms with Crippen LogP contribution in [-0.2, 0) is 20.9 Å². The molecule has 1 unspecified atom stereocenters. The van der Waals surface area contributed by atoms with Gasteiger partial charge in [0.2, 0.25) is 17.4 Å². The van der Waals surface area contributed by atoms with Crippen molar-refractivity contribution in [3.8, 4) is 0 Å². The molecule has 1 saturated heterocycles. The zero-order chi connectivity index (χ0) is 19.7. The maximum atomic E-state index is 13.1. The van der Waals surface area contributed by atoms with E-state index in [1.807, 2.05) is 0 Å². The molecule has 1 atom stereocenters. The lowest BCUT2D eigenvalue weighted by Gasteiger charge is -2.32. The summed E-state index contributed by atoms with van der Waals surface area (Å²) in [6, 6.07) is 5.35. The summed E-state index contributed by atoms with van der Waals surface area (Å²) in [5, 5.41) is 10.2. The van der Waals surface area contributed by atoms with Crippen molar-refractivity contribution in [1.82, 2.24) is 9.80 Å². The summed E-state index contributed by atoms with van der Waals surface area (Å²) in [6.45, 7) is 0.432. The number of Topliss-reactive ketones (excluding diaryl/α,β-unsaturated/α-hetero) is 1. The lowest BCUT2D eigenvalue weighted by Crippen LogP contribution is -2.53. The number of amides is 2. The fraction of sp³-hybridized carbons (Fsp3) is 0.368. The van der Waals surface area contributed by atoms with Gasteiger partial charge in [0.05, 0.1) is 19.4 Å². The van der Waals surface area contributed by atoms with Crippen LogP contribution in [0.15, 0.2) is 35.7 Å². The Morgan fingerprint density at radius 1 is 1.30 bits per heavy atom. The van der Waals surface area contributed by atoms with Crippen molar-refractivity contribution in [1.29, 1.82) is 0 Å². The van der Waals surface area contributed by atoms with Gasteiger partial charge in [0, 0.05) is 20.6 Å². The van der Waals surface area contributed by atoms with Crippen molar-refractivity contribution in [3.63, 3.8) is 0 Å². The number of allylic oxidation sites excluding steroid dienone is 1. The molecule has 2 aliphatic rings. The Morgan fingerprint density at radius 3 is 2.59 bits per heavy atom. The minimum Gasteiger partial charge on any atom is -0.500 e. The number of hydrogen-bond acceptors (Lipinski definition) is 4. The van der Waals surface area contributed by atoms with E-state index in [4.69, 9.17) is 0 Å². The molecule has 1 N–H and O–H groups in total. The number of aliphatic hydroxyl groups excluding tert-OH is 1. The number of halogens is 1. The Kier molecular flexibility index (Phi) is 5.07. The molecular formula is C19H21FN3O4+. The summed E-state index contributed by atoms with van der Waals surface area (Å²) in [7, 11) is 3.29. The predicted molar refractivity (Wildman–Crippen MR) is 94.5 cm³/mol. The molecule has 1 aromatic carbocycles. The van der Waals surface area contributed by atoms with Crippen LogP contribution in [0.4, 0.5) is 4.39 Å². The molecule has 3 rings (SSSR count). The van der Waals surface area contributed by atoms with Gasteiger partial charge < -0.3 is 14.9 Å². The monoisotopic (exact) mass is 374 g/mol. The standard InChI is InChI=1S/C19H20FN3O4/c1-21(2)16(25)9-14-11-22(10-12-3-5-13(20)6-4-12)19(27)17-18(26)15(24)7-8-23(14)17/h3-6,8,14H,7,9-11H2,1-2H3/p+1. The number of fused-ring (bicyclic) bond motifs is 1. The van der Waals surface area contributed by atoms with Crippen LogP contribution in [0.25, 0.3) is 0 Å². The van der Waals surface area contributed by atoms with Gasteiger partial charge in [0.15, 0.2) is 12.3 Å².